The van der Waals surface area contributed by atoms with Gasteiger partial charge in [0.2, 0.25) is 5.91 Å². The number of benzene rings is 1. The number of amides is 3. The van der Waals surface area contributed by atoms with E-state index in [0.29, 0.717) is 19.1 Å². The van der Waals surface area contributed by atoms with Crippen molar-refractivity contribution in [3.63, 3.8) is 0 Å². The second-order valence-electron chi connectivity index (χ2n) is 8.88. The Morgan fingerprint density at radius 1 is 0.935 bits per heavy atom. The van der Waals surface area contributed by atoms with Gasteiger partial charge in [0.15, 0.2) is 11.5 Å². The molecule has 3 aliphatic heterocycles. The van der Waals surface area contributed by atoms with Gasteiger partial charge in [0.25, 0.3) is 0 Å². The smallest absolute Gasteiger partial charge is 0.314 e. The fraction of sp³-hybridized carbons (Fsp3) is 0.652. The highest BCUT2D eigenvalue weighted by Gasteiger charge is 2.34. The average molecular weight is 431 g/mol. The lowest BCUT2D eigenvalue weighted by Gasteiger charge is -2.42. The molecule has 1 aromatic rings. The maximum Gasteiger partial charge on any atom is 0.314 e. The van der Waals surface area contributed by atoms with Crippen LogP contribution in [-0.2, 0) is 17.8 Å². The van der Waals surface area contributed by atoms with Crippen LogP contribution >= 0.6 is 0 Å². The maximum atomic E-state index is 13.0. The second kappa shape index (κ2) is 9.34. The SMILES string of the molecule is COc1cc2c(cc1OC)CN(C1CCN(C(=O)C3CCCN(C(N)=O)C3)CC1)CC2. The molecule has 8 heteroatoms. The van der Waals surface area contributed by atoms with Crippen LogP contribution in [0.15, 0.2) is 12.1 Å². The Morgan fingerprint density at radius 2 is 1.61 bits per heavy atom. The zero-order chi connectivity index (χ0) is 22.0. The van der Waals surface area contributed by atoms with Crippen LogP contribution < -0.4 is 15.2 Å². The van der Waals surface area contributed by atoms with Crippen molar-refractivity contribution in [2.45, 2.75) is 44.7 Å². The molecule has 1 atom stereocenters. The third kappa shape index (κ3) is 4.59. The molecule has 31 heavy (non-hydrogen) atoms. The molecule has 0 aromatic heterocycles. The Kier molecular flexibility index (Phi) is 6.55. The molecular formula is C23H34N4O4. The van der Waals surface area contributed by atoms with Crippen molar-refractivity contribution in [3.8, 4) is 11.5 Å². The van der Waals surface area contributed by atoms with Crippen LogP contribution in [0.1, 0.15) is 36.8 Å². The van der Waals surface area contributed by atoms with Gasteiger partial charge < -0.3 is 25.0 Å². The number of nitrogens with two attached hydrogens (primary N) is 1. The third-order valence-corrected chi connectivity index (χ3v) is 7.12. The van der Waals surface area contributed by atoms with E-state index >= 15 is 0 Å². The molecule has 2 fully saturated rings. The van der Waals surface area contributed by atoms with Crippen LogP contribution in [0, 0.1) is 5.92 Å². The van der Waals surface area contributed by atoms with E-state index in [9.17, 15) is 9.59 Å². The van der Waals surface area contributed by atoms with E-state index in [-0.39, 0.29) is 11.8 Å². The minimum atomic E-state index is -0.421. The molecule has 0 saturated carbocycles. The summed E-state index contributed by atoms with van der Waals surface area (Å²) in [6, 6.07) is 4.27. The predicted molar refractivity (Wildman–Crippen MR) is 117 cm³/mol. The van der Waals surface area contributed by atoms with Crippen LogP contribution in [0.5, 0.6) is 11.5 Å². The Bertz CT molecular complexity index is 822. The monoisotopic (exact) mass is 430 g/mol. The number of likely N-dealkylation sites (tertiary alicyclic amines) is 2. The summed E-state index contributed by atoms with van der Waals surface area (Å²) in [4.78, 5) is 30.6. The summed E-state index contributed by atoms with van der Waals surface area (Å²) in [6.07, 6.45) is 4.66. The van der Waals surface area contributed by atoms with Crippen LogP contribution in [0.3, 0.4) is 0 Å². The first-order valence-electron chi connectivity index (χ1n) is 11.3. The predicted octanol–water partition coefficient (Wildman–Crippen LogP) is 1.84. The lowest BCUT2D eigenvalue weighted by molar-refractivity contribution is -0.138. The molecule has 4 rings (SSSR count). The molecule has 3 heterocycles. The topological polar surface area (TPSA) is 88.3 Å². The molecular weight excluding hydrogens is 396 g/mol. The third-order valence-electron chi connectivity index (χ3n) is 7.12. The van der Waals surface area contributed by atoms with E-state index < -0.39 is 6.03 Å². The first-order chi connectivity index (χ1) is 15.0. The summed E-state index contributed by atoms with van der Waals surface area (Å²) in [5.74, 6) is 1.65. The molecule has 2 saturated heterocycles. The zero-order valence-corrected chi connectivity index (χ0v) is 18.6. The van der Waals surface area contributed by atoms with Crippen molar-refractivity contribution in [2.75, 3.05) is 46.9 Å². The van der Waals surface area contributed by atoms with Crippen LogP contribution in [0.2, 0.25) is 0 Å². The molecule has 2 N–H and O–H groups in total. The van der Waals surface area contributed by atoms with E-state index in [2.05, 4.69) is 17.0 Å². The number of hydrogen-bond acceptors (Lipinski definition) is 5. The van der Waals surface area contributed by atoms with Gasteiger partial charge in [-0.25, -0.2) is 4.79 Å². The van der Waals surface area contributed by atoms with Crippen molar-refractivity contribution in [2.24, 2.45) is 11.7 Å². The Hall–Kier alpha value is -2.48. The van der Waals surface area contributed by atoms with E-state index in [4.69, 9.17) is 15.2 Å². The summed E-state index contributed by atoms with van der Waals surface area (Å²) in [5.41, 5.74) is 8.05. The van der Waals surface area contributed by atoms with Crippen LogP contribution in [-0.4, -0.2) is 79.6 Å². The number of fused-ring (bicyclic) bond motifs is 1. The summed E-state index contributed by atoms with van der Waals surface area (Å²) in [5, 5.41) is 0. The van der Waals surface area contributed by atoms with Crippen molar-refractivity contribution in [1.82, 2.24) is 14.7 Å². The van der Waals surface area contributed by atoms with E-state index in [0.717, 1.165) is 69.8 Å². The number of carbonyl (C=O) groups excluding carboxylic acids is 2. The fourth-order valence-corrected chi connectivity index (χ4v) is 5.31. The first-order valence-corrected chi connectivity index (χ1v) is 11.3. The zero-order valence-electron chi connectivity index (χ0n) is 18.6. The Morgan fingerprint density at radius 3 is 2.26 bits per heavy atom. The molecule has 3 aliphatic rings. The lowest BCUT2D eigenvalue weighted by atomic mass is 9.93. The molecule has 1 aromatic carbocycles. The van der Waals surface area contributed by atoms with E-state index in [1.54, 1.807) is 19.1 Å². The maximum absolute atomic E-state index is 13.0. The number of ether oxygens (including phenoxy) is 2. The molecule has 0 aliphatic carbocycles. The van der Waals surface area contributed by atoms with Gasteiger partial charge in [-0.05, 0) is 55.4 Å². The number of rotatable bonds is 4. The van der Waals surface area contributed by atoms with Crippen molar-refractivity contribution in [3.05, 3.63) is 23.3 Å². The quantitative estimate of drug-likeness (QED) is 0.788. The lowest BCUT2D eigenvalue weighted by Crippen LogP contribution is -2.52. The summed E-state index contributed by atoms with van der Waals surface area (Å²) < 4.78 is 10.9. The average Bonchev–Trinajstić information content (AvgIpc) is 2.82. The number of urea groups is 1. The van der Waals surface area contributed by atoms with E-state index in [1.165, 1.54) is 11.1 Å². The number of hydrogen-bond donors (Lipinski definition) is 1. The summed E-state index contributed by atoms with van der Waals surface area (Å²) in [6.45, 7) is 4.62. The minimum Gasteiger partial charge on any atom is -0.493 e. The number of nitrogens with zero attached hydrogens (tertiary/aromatic N) is 3. The summed E-state index contributed by atoms with van der Waals surface area (Å²) >= 11 is 0. The van der Waals surface area contributed by atoms with Gasteiger partial charge in [-0.1, -0.05) is 0 Å². The van der Waals surface area contributed by atoms with Crippen LogP contribution in [0.4, 0.5) is 4.79 Å². The number of piperidine rings is 2. The van der Waals surface area contributed by atoms with E-state index in [1.807, 2.05) is 4.90 Å². The number of primary amides is 1. The highest BCUT2D eigenvalue weighted by molar-refractivity contribution is 5.80. The first kappa shape index (κ1) is 21.7. The molecule has 3 amide bonds. The number of carbonyl (C=O) groups is 2. The second-order valence-corrected chi connectivity index (χ2v) is 8.88. The highest BCUT2D eigenvalue weighted by Crippen LogP contribution is 2.34. The highest BCUT2D eigenvalue weighted by atomic mass is 16.5. The largest absolute Gasteiger partial charge is 0.493 e. The Labute approximate surface area is 184 Å². The number of methoxy groups -OCH3 is 2. The van der Waals surface area contributed by atoms with Gasteiger partial charge >= 0.3 is 6.03 Å². The van der Waals surface area contributed by atoms with Gasteiger partial charge in [-0.2, -0.15) is 0 Å². The van der Waals surface area contributed by atoms with Gasteiger partial charge in [0.1, 0.15) is 0 Å². The fourth-order valence-electron chi connectivity index (χ4n) is 5.31. The molecule has 0 radical (unpaired) electrons. The normalized spacial score (nSPS) is 22.7. The van der Waals surface area contributed by atoms with Gasteiger partial charge in [0, 0.05) is 45.3 Å². The molecule has 0 bridgehead atoms. The minimum absolute atomic E-state index is 0.109. The van der Waals surface area contributed by atoms with Crippen molar-refractivity contribution >= 4 is 11.9 Å². The molecule has 8 nitrogen and oxygen atoms in total. The van der Waals surface area contributed by atoms with Gasteiger partial charge in [-0.3, -0.25) is 9.69 Å². The molecule has 1 unspecified atom stereocenters. The standard InChI is InChI=1S/C23H34N4O4/c1-30-20-12-16-5-9-26(15-18(16)13-21(20)31-2)19-6-10-25(11-7-19)22(28)17-4-3-8-27(14-17)23(24)29/h12-13,17,19H,3-11,14-15H2,1-2H3,(H2,24,29). The van der Waals surface area contributed by atoms with Crippen molar-refractivity contribution < 1.29 is 19.1 Å². The molecule has 170 valence electrons. The molecule has 0 spiro atoms. The Balaban J connectivity index is 1.33. The van der Waals surface area contributed by atoms with Crippen LogP contribution in [0.25, 0.3) is 0 Å². The van der Waals surface area contributed by atoms with Crippen molar-refractivity contribution in [1.29, 1.82) is 0 Å². The summed E-state index contributed by atoms with van der Waals surface area (Å²) in [7, 11) is 3.35. The van der Waals surface area contributed by atoms with Gasteiger partial charge in [0.05, 0.1) is 20.1 Å². The van der Waals surface area contributed by atoms with Gasteiger partial charge in [-0.15, -0.1) is 0 Å².